The van der Waals surface area contributed by atoms with Crippen molar-refractivity contribution in [2.75, 3.05) is 25.4 Å². The summed E-state index contributed by atoms with van der Waals surface area (Å²) in [6, 6.07) is 4.04. The minimum atomic E-state index is -3.16. The highest BCUT2D eigenvalue weighted by Gasteiger charge is 2.36. The number of carbonyl (C=O) groups excluding carboxylic acids is 1. The van der Waals surface area contributed by atoms with Crippen LogP contribution in [-0.2, 0) is 21.2 Å². The van der Waals surface area contributed by atoms with E-state index in [-0.39, 0.29) is 23.6 Å². The van der Waals surface area contributed by atoms with E-state index in [2.05, 4.69) is 6.92 Å². The van der Waals surface area contributed by atoms with E-state index >= 15 is 0 Å². The second-order valence-corrected chi connectivity index (χ2v) is 9.89. The minimum absolute atomic E-state index is 0.0118. The van der Waals surface area contributed by atoms with Crippen LogP contribution in [0, 0.1) is 5.92 Å². The van der Waals surface area contributed by atoms with E-state index in [0.29, 0.717) is 25.9 Å². The fraction of sp³-hybridized carbons (Fsp3) is 0.750. The summed E-state index contributed by atoms with van der Waals surface area (Å²) in [7, 11) is -3.16. The lowest BCUT2D eigenvalue weighted by molar-refractivity contribution is -0.139. The fourth-order valence-electron chi connectivity index (χ4n) is 4.23. The molecule has 2 saturated heterocycles. The van der Waals surface area contributed by atoms with E-state index < -0.39 is 10.0 Å². The highest BCUT2D eigenvalue weighted by atomic mass is 32.2. The molecule has 0 N–H and O–H groups in total. The van der Waals surface area contributed by atoms with Gasteiger partial charge in [0.25, 0.3) is 0 Å². The Morgan fingerprint density at radius 1 is 1.07 bits per heavy atom. The third-order valence-corrected chi connectivity index (χ3v) is 7.84. The first-order valence-electron chi connectivity index (χ1n) is 10.3. The Kier molecular flexibility index (Phi) is 6.63. The molecule has 1 amide bonds. The first-order chi connectivity index (χ1) is 13.0. The molecule has 0 bridgehead atoms. The van der Waals surface area contributed by atoms with Gasteiger partial charge in [0.1, 0.15) is 11.5 Å². The van der Waals surface area contributed by atoms with Crippen LogP contribution in [0.1, 0.15) is 69.9 Å². The number of rotatable bonds is 5. The quantitative estimate of drug-likeness (QED) is 0.765. The number of carbonyl (C=O) groups is 1. The zero-order valence-electron chi connectivity index (χ0n) is 16.5. The first kappa shape index (κ1) is 20.4. The molecule has 152 valence electrons. The third-order valence-electron chi connectivity index (χ3n) is 5.96. The number of sulfonamides is 1. The molecule has 1 atom stereocenters. The van der Waals surface area contributed by atoms with Crippen LogP contribution in [0.3, 0.4) is 0 Å². The molecule has 1 aromatic heterocycles. The van der Waals surface area contributed by atoms with Crippen molar-refractivity contribution in [2.45, 2.75) is 64.8 Å². The predicted octanol–water partition coefficient (Wildman–Crippen LogP) is 3.35. The van der Waals surface area contributed by atoms with E-state index in [1.807, 2.05) is 17.0 Å². The average Bonchev–Trinajstić information content (AvgIpc) is 3.04. The van der Waals surface area contributed by atoms with Crippen molar-refractivity contribution in [1.29, 1.82) is 0 Å². The van der Waals surface area contributed by atoms with Gasteiger partial charge >= 0.3 is 0 Å². The van der Waals surface area contributed by atoms with Crippen LogP contribution in [-0.4, -0.2) is 48.9 Å². The Balaban J connectivity index is 1.71. The molecule has 1 unspecified atom stereocenters. The van der Waals surface area contributed by atoms with Gasteiger partial charge in [-0.15, -0.1) is 0 Å². The summed E-state index contributed by atoms with van der Waals surface area (Å²) in [5.41, 5.74) is 0. The van der Waals surface area contributed by atoms with Crippen molar-refractivity contribution in [3.8, 4) is 0 Å². The standard InChI is InChI=1S/C20H32N2O4S/c1-3-17-9-10-19(26-17)18-8-6-5-7-13-22(18)20(23)16-11-14-21(15-12-16)27(24,25)4-2/h9-10,16,18H,3-8,11-15H2,1-2H3. The smallest absolute Gasteiger partial charge is 0.226 e. The number of piperidine rings is 1. The van der Waals surface area contributed by atoms with Crippen molar-refractivity contribution in [3.05, 3.63) is 23.7 Å². The van der Waals surface area contributed by atoms with Crippen LogP contribution >= 0.6 is 0 Å². The SMILES string of the molecule is CCc1ccc(C2CCCCCN2C(=O)C2CCN(S(=O)(=O)CC)CC2)o1. The molecule has 3 rings (SSSR count). The molecule has 2 fully saturated rings. The monoisotopic (exact) mass is 396 g/mol. The molecule has 0 saturated carbocycles. The number of aryl methyl sites for hydroxylation is 1. The summed E-state index contributed by atoms with van der Waals surface area (Å²) >= 11 is 0. The summed E-state index contributed by atoms with van der Waals surface area (Å²) in [6.07, 6.45) is 6.26. The average molecular weight is 397 g/mol. The van der Waals surface area contributed by atoms with Crippen molar-refractivity contribution in [2.24, 2.45) is 5.92 Å². The predicted molar refractivity (Wildman–Crippen MR) is 105 cm³/mol. The molecule has 0 aromatic carbocycles. The van der Waals surface area contributed by atoms with Gasteiger partial charge in [0.15, 0.2) is 0 Å². The Labute approximate surface area is 162 Å². The van der Waals surface area contributed by atoms with E-state index in [9.17, 15) is 13.2 Å². The van der Waals surface area contributed by atoms with Gasteiger partial charge in [-0.3, -0.25) is 4.79 Å². The summed E-state index contributed by atoms with van der Waals surface area (Å²) in [5, 5.41) is 0. The summed E-state index contributed by atoms with van der Waals surface area (Å²) in [4.78, 5) is 15.3. The Morgan fingerprint density at radius 2 is 1.81 bits per heavy atom. The highest BCUT2D eigenvalue weighted by molar-refractivity contribution is 7.89. The summed E-state index contributed by atoms with van der Waals surface area (Å²) < 4.78 is 31.7. The summed E-state index contributed by atoms with van der Waals surface area (Å²) in [6.45, 7) is 5.40. The van der Waals surface area contributed by atoms with Crippen LogP contribution < -0.4 is 0 Å². The van der Waals surface area contributed by atoms with Gasteiger partial charge in [-0.2, -0.15) is 0 Å². The van der Waals surface area contributed by atoms with Crippen LogP contribution in [0.2, 0.25) is 0 Å². The zero-order valence-corrected chi connectivity index (χ0v) is 17.3. The molecule has 7 heteroatoms. The molecular weight excluding hydrogens is 364 g/mol. The van der Waals surface area contributed by atoms with Crippen LogP contribution in [0.25, 0.3) is 0 Å². The van der Waals surface area contributed by atoms with Gasteiger partial charge in [-0.1, -0.05) is 19.8 Å². The lowest BCUT2D eigenvalue weighted by Crippen LogP contribution is -2.45. The van der Waals surface area contributed by atoms with Crippen molar-refractivity contribution in [3.63, 3.8) is 0 Å². The molecule has 6 nitrogen and oxygen atoms in total. The van der Waals surface area contributed by atoms with Gasteiger partial charge in [0.2, 0.25) is 15.9 Å². The maximum Gasteiger partial charge on any atom is 0.226 e. The number of furan rings is 1. The molecular formula is C20H32N2O4S. The van der Waals surface area contributed by atoms with E-state index in [4.69, 9.17) is 4.42 Å². The van der Waals surface area contributed by atoms with Gasteiger partial charge in [0.05, 0.1) is 11.8 Å². The topological polar surface area (TPSA) is 70.8 Å². The van der Waals surface area contributed by atoms with Crippen molar-refractivity contribution >= 4 is 15.9 Å². The van der Waals surface area contributed by atoms with E-state index in [0.717, 1.165) is 50.2 Å². The van der Waals surface area contributed by atoms with E-state index in [1.165, 1.54) is 4.31 Å². The summed E-state index contributed by atoms with van der Waals surface area (Å²) in [5.74, 6) is 2.06. The number of hydrogen-bond acceptors (Lipinski definition) is 4. The van der Waals surface area contributed by atoms with Crippen molar-refractivity contribution in [1.82, 2.24) is 9.21 Å². The first-order valence-corrected chi connectivity index (χ1v) is 11.9. The normalized spacial score (nSPS) is 23.3. The zero-order chi connectivity index (χ0) is 19.4. The molecule has 2 aliphatic rings. The Hall–Kier alpha value is -1.34. The molecule has 0 spiro atoms. The largest absolute Gasteiger partial charge is 0.464 e. The molecule has 0 aliphatic carbocycles. The van der Waals surface area contributed by atoms with Gasteiger partial charge < -0.3 is 9.32 Å². The second kappa shape index (κ2) is 8.78. The minimum Gasteiger partial charge on any atom is -0.464 e. The second-order valence-electron chi connectivity index (χ2n) is 7.63. The van der Waals surface area contributed by atoms with Crippen molar-refractivity contribution < 1.29 is 17.6 Å². The molecule has 2 aliphatic heterocycles. The molecule has 0 radical (unpaired) electrons. The van der Waals surface area contributed by atoms with Crippen LogP contribution in [0.4, 0.5) is 0 Å². The van der Waals surface area contributed by atoms with Gasteiger partial charge in [-0.05, 0) is 44.7 Å². The number of likely N-dealkylation sites (tertiary alicyclic amines) is 1. The highest BCUT2D eigenvalue weighted by Crippen LogP contribution is 2.34. The maximum atomic E-state index is 13.3. The van der Waals surface area contributed by atoms with Gasteiger partial charge in [-0.25, -0.2) is 12.7 Å². The molecule has 1 aromatic rings. The maximum absolute atomic E-state index is 13.3. The molecule has 3 heterocycles. The Morgan fingerprint density at radius 3 is 2.44 bits per heavy atom. The fourth-order valence-corrected chi connectivity index (χ4v) is 5.36. The lowest BCUT2D eigenvalue weighted by atomic mass is 9.95. The van der Waals surface area contributed by atoms with Crippen LogP contribution in [0.15, 0.2) is 16.5 Å². The lowest BCUT2D eigenvalue weighted by Gasteiger charge is -2.36. The number of amides is 1. The number of hydrogen-bond donors (Lipinski definition) is 0. The van der Waals surface area contributed by atoms with E-state index in [1.54, 1.807) is 6.92 Å². The number of nitrogens with zero attached hydrogens (tertiary/aromatic N) is 2. The molecule has 27 heavy (non-hydrogen) atoms. The van der Waals surface area contributed by atoms with Gasteiger partial charge in [0, 0.05) is 32.0 Å². The third kappa shape index (κ3) is 4.57. The Bertz CT molecular complexity index is 735. The van der Waals surface area contributed by atoms with Crippen LogP contribution in [0.5, 0.6) is 0 Å².